The van der Waals surface area contributed by atoms with E-state index < -0.39 is 0 Å². The second-order valence-electron chi connectivity index (χ2n) is 18.9. The van der Waals surface area contributed by atoms with Crippen molar-refractivity contribution in [1.82, 2.24) is 4.57 Å². The first-order valence-electron chi connectivity index (χ1n) is 25.7. The molecule has 0 aliphatic carbocycles. The average molecular weight is 958 g/mol. The Morgan fingerprint density at radius 2 is 0.587 bits per heavy atom. The van der Waals surface area contributed by atoms with Gasteiger partial charge in [-0.25, -0.2) is 0 Å². The number of rotatable bonds is 12. The van der Waals surface area contributed by atoms with E-state index in [4.69, 9.17) is 0 Å². The van der Waals surface area contributed by atoms with E-state index in [1.165, 1.54) is 38.6 Å². The van der Waals surface area contributed by atoms with Crippen molar-refractivity contribution in [2.75, 3.05) is 9.80 Å². The van der Waals surface area contributed by atoms with Crippen molar-refractivity contribution in [1.29, 1.82) is 0 Å². The zero-order chi connectivity index (χ0) is 49.9. The maximum atomic E-state index is 2.51. The van der Waals surface area contributed by atoms with Crippen molar-refractivity contribution >= 4 is 55.9 Å². The summed E-state index contributed by atoms with van der Waals surface area (Å²) in [5.74, 6) is 0. The minimum atomic E-state index is 1.05. The predicted molar refractivity (Wildman–Crippen MR) is 317 cm³/mol. The molecule has 1 heterocycles. The summed E-state index contributed by atoms with van der Waals surface area (Å²) in [5, 5.41) is 2.37. The van der Waals surface area contributed by atoms with E-state index >= 15 is 0 Å². The van der Waals surface area contributed by atoms with E-state index in [1.54, 1.807) is 0 Å². The van der Waals surface area contributed by atoms with Crippen LogP contribution in [0.4, 0.5) is 34.1 Å². The molecule has 1 aromatic heterocycles. The molecule has 75 heavy (non-hydrogen) atoms. The number of aromatic nitrogens is 1. The van der Waals surface area contributed by atoms with Crippen LogP contribution < -0.4 is 9.80 Å². The van der Waals surface area contributed by atoms with Crippen molar-refractivity contribution in [3.63, 3.8) is 0 Å². The lowest BCUT2D eigenvalue weighted by Crippen LogP contribution is -2.14. The molecule has 0 radical (unpaired) electrons. The number of fused-ring (bicyclic) bond motifs is 3. The van der Waals surface area contributed by atoms with Gasteiger partial charge in [0.1, 0.15) is 0 Å². The summed E-state index contributed by atoms with van der Waals surface area (Å²) < 4.78 is 2.47. The molecule has 3 nitrogen and oxygen atoms in total. The van der Waals surface area contributed by atoms with E-state index in [2.05, 4.69) is 324 Å². The van der Waals surface area contributed by atoms with Crippen LogP contribution >= 0.6 is 0 Å². The van der Waals surface area contributed by atoms with Gasteiger partial charge in [0, 0.05) is 50.3 Å². The Morgan fingerprint density at radius 3 is 1.08 bits per heavy atom. The molecule has 12 aromatic carbocycles. The molecule has 0 spiro atoms. The third-order valence-electron chi connectivity index (χ3n) is 14.4. The SMILES string of the molecule is c1ccc(-c2ccc(N(c3ccc(-c4ccccc4)cc3)c3ccc(-c4ccc5c6ccccc6n(-c6ccccc6)c5c4N(c4ccc(-c5ccccc5)cc4)c4ccccc4-c4ccccc4)cc3)cc2)cc1. The molecule has 0 amide bonds. The lowest BCUT2D eigenvalue weighted by atomic mass is 9.96. The Kier molecular flexibility index (Phi) is 11.9. The monoisotopic (exact) mass is 957 g/mol. The van der Waals surface area contributed by atoms with Gasteiger partial charge < -0.3 is 14.4 Å². The molecule has 0 bridgehead atoms. The second-order valence-corrected chi connectivity index (χ2v) is 18.9. The molecule has 3 heteroatoms. The van der Waals surface area contributed by atoms with Crippen molar-refractivity contribution in [3.8, 4) is 61.3 Å². The minimum absolute atomic E-state index is 1.05. The van der Waals surface area contributed by atoms with Crippen LogP contribution in [0.1, 0.15) is 0 Å². The van der Waals surface area contributed by atoms with Gasteiger partial charge in [0.2, 0.25) is 0 Å². The summed E-state index contributed by atoms with van der Waals surface area (Å²) in [6.07, 6.45) is 0. The normalized spacial score (nSPS) is 11.2. The molecule has 0 N–H and O–H groups in total. The fraction of sp³-hybridized carbons (Fsp3) is 0. The van der Waals surface area contributed by atoms with Crippen LogP contribution in [-0.4, -0.2) is 4.57 Å². The molecule has 0 atom stereocenters. The van der Waals surface area contributed by atoms with Gasteiger partial charge in [-0.3, -0.25) is 0 Å². The molecule has 13 rings (SSSR count). The highest BCUT2D eigenvalue weighted by molar-refractivity contribution is 6.18. The standard InChI is InChI=1S/C72H51N3/c1-6-20-52(21-7-1)55-34-42-61(43-35-55)73(62-44-36-56(37-45-62)53-22-8-2-9-23-53)63-48-40-59(41-49-63)66-50-51-68-67-31-17-19-33-70(67)74(60-28-14-5-15-29-60)72(68)71(66)75(64-46-38-57(39-47-64)54-24-10-3-11-25-54)69-32-18-16-30-65(69)58-26-12-4-13-27-58/h1-51H. The maximum Gasteiger partial charge on any atom is 0.0788 e. The first-order chi connectivity index (χ1) is 37.2. The Hall–Kier alpha value is -9.96. The number of hydrogen-bond donors (Lipinski definition) is 0. The maximum absolute atomic E-state index is 2.51. The Bertz CT molecular complexity index is 3960. The highest BCUT2D eigenvalue weighted by Crippen LogP contribution is 2.51. The van der Waals surface area contributed by atoms with Crippen LogP contribution in [0.25, 0.3) is 83.1 Å². The Morgan fingerprint density at radius 1 is 0.227 bits per heavy atom. The summed E-state index contributed by atoms with van der Waals surface area (Å²) in [5.41, 5.74) is 21.4. The number of para-hydroxylation sites is 3. The second kappa shape index (κ2) is 19.9. The number of anilines is 6. The first-order valence-corrected chi connectivity index (χ1v) is 25.7. The largest absolute Gasteiger partial charge is 0.311 e. The molecule has 0 aliphatic heterocycles. The molecule has 0 saturated heterocycles. The van der Waals surface area contributed by atoms with Crippen LogP contribution in [0.5, 0.6) is 0 Å². The molecular formula is C72H51N3. The Balaban J connectivity index is 1.04. The zero-order valence-electron chi connectivity index (χ0n) is 41.3. The van der Waals surface area contributed by atoms with Crippen LogP contribution in [0.2, 0.25) is 0 Å². The minimum Gasteiger partial charge on any atom is -0.311 e. The average Bonchev–Trinajstić information content (AvgIpc) is 3.88. The van der Waals surface area contributed by atoms with Crippen LogP contribution in [0.3, 0.4) is 0 Å². The Labute approximate surface area is 438 Å². The van der Waals surface area contributed by atoms with Gasteiger partial charge in [0.15, 0.2) is 0 Å². The summed E-state index contributed by atoms with van der Waals surface area (Å²) in [6, 6.07) is 112. The lowest BCUT2D eigenvalue weighted by molar-refractivity contribution is 1.17. The third kappa shape index (κ3) is 8.63. The van der Waals surface area contributed by atoms with Gasteiger partial charge in [0.05, 0.1) is 22.4 Å². The van der Waals surface area contributed by atoms with E-state index in [0.29, 0.717) is 0 Å². The van der Waals surface area contributed by atoms with Crippen LogP contribution in [0, 0.1) is 0 Å². The molecule has 0 saturated carbocycles. The summed E-state index contributed by atoms with van der Waals surface area (Å²) >= 11 is 0. The molecular weight excluding hydrogens is 907 g/mol. The molecule has 0 aliphatic rings. The summed E-state index contributed by atoms with van der Waals surface area (Å²) in [7, 11) is 0. The van der Waals surface area contributed by atoms with Gasteiger partial charge >= 0.3 is 0 Å². The quantitative estimate of drug-likeness (QED) is 0.121. The smallest absolute Gasteiger partial charge is 0.0788 e. The van der Waals surface area contributed by atoms with Gasteiger partial charge in [-0.1, -0.05) is 237 Å². The predicted octanol–water partition coefficient (Wildman–Crippen LogP) is 20.1. The highest BCUT2D eigenvalue weighted by atomic mass is 15.2. The van der Waals surface area contributed by atoms with E-state index in [-0.39, 0.29) is 0 Å². The third-order valence-corrected chi connectivity index (χ3v) is 14.4. The van der Waals surface area contributed by atoms with Gasteiger partial charge in [-0.2, -0.15) is 0 Å². The van der Waals surface area contributed by atoms with Crippen molar-refractivity contribution < 1.29 is 0 Å². The van der Waals surface area contributed by atoms with E-state index in [0.717, 1.165) is 78.7 Å². The zero-order valence-corrected chi connectivity index (χ0v) is 41.3. The van der Waals surface area contributed by atoms with Crippen LogP contribution in [0.15, 0.2) is 309 Å². The van der Waals surface area contributed by atoms with Crippen molar-refractivity contribution in [2.45, 2.75) is 0 Å². The van der Waals surface area contributed by atoms with Gasteiger partial charge in [-0.05, 0) is 117 Å². The highest BCUT2D eigenvalue weighted by Gasteiger charge is 2.27. The molecule has 0 fully saturated rings. The first kappa shape index (κ1) is 44.9. The molecule has 13 aromatic rings. The number of benzene rings is 12. The van der Waals surface area contributed by atoms with Crippen molar-refractivity contribution in [2.24, 2.45) is 0 Å². The number of nitrogens with zero attached hydrogens (tertiary/aromatic N) is 3. The van der Waals surface area contributed by atoms with Gasteiger partial charge in [-0.15, -0.1) is 0 Å². The van der Waals surface area contributed by atoms with Crippen LogP contribution in [-0.2, 0) is 0 Å². The fourth-order valence-corrected chi connectivity index (χ4v) is 10.8. The van der Waals surface area contributed by atoms with E-state index in [9.17, 15) is 0 Å². The fourth-order valence-electron chi connectivity index (χ4n) is 10.8. The molecule has 0 unspecified atom stereocenters. The number of hydrogen-bond acceptors (Lipinski definition) is 2. The van der Waals surface area contributed by atoms with Crippen molar-refractivity contribution in [3.05, 3.63) is 309 Å². The van der Waals surface area contributed by atoms with Gasteiger partial charge in [0.25, 0.3) is 0 Å². The summed E-state index contributed by atoms with van der Waals surface area (Å²) in [6.45, 7) is 0. The lowest BCUT2D eigenvalue weighted by Gasteiger charge is -2.31. The summed E-state index contributed by atoms with van der Waals surface area (Å²) in [4.78, 5) is 4.87. The topological polar surface area (TPSA) is 11.4 Å². The van der Waals surface area contributed by atoms with E-state index in [1.807, 2.05) is 0 Å². The molecule has 354 valence electrons.